The second kappa shape index (κ2) is 10.3. The quantitative estimate of drug-likeness (QED) is 0.562. The highest BCUT2D eigenvalue weighted by atomic mass is 19.1. The maximum absolute atomic E-state index is 14.9. The topological polar surface area (TPSA) is 77.3 Å². The van der Waals surface area contributed by atoms with Crippen molar-refractivity contribution >= 4 is 11.6 Å². The van der Waals surface area contributed by atoms with Crippen molar-refractivity contribution in [3.8, 4) is 11.4 Å². The van der Waals surface area contributed by atoms with E-state index in [0.717, 1.165) is 30.9 Å². The average Bonchev–Trinajstić information content (AvgIpc) is 3.25. The zero-order valence-electron chi connectivity index (χ0n) is 19.4. The summed E-state index contributed by atoms with van der Waals surface area (Å²) in [5.41, 5.74) is 0.677. The van der Waals surface area contributed by atoms with Crippen LogP contribution in [0.1, 0.15) is 30.3 Å². The van der Waals surface area contributed by atoms with E-state index < -0.39 is 17.5 Å². The molecule has 0 aliphatic carbocycles. The Morgan fingerprint density at radius 2 is 1.69 bits per heavy atom. The molecule has 0 atom stereocenters. The van der Waals surface area contributed by atoms with Crippen LogP contribution in [0.15, 0.2) is 24.5 Å². The monoisotopic (exact) mass is 488 g/mol. The van der Waals surface area contributed by atoms with Gasteiger partial charge in [-0.25, -0.2) is 28.1 Å². The van der Waals surface area contributed by atoms with Gasteiger partial charge in [0.05, 0.1) is 37.0 Å². The minimum Gasteiger partial charge on any atom is -0.381 e. The fourth-order valence-electron chi connectivity index (χ4n) is 4.57. The first-order chi connectivity index (χ1) is 17.0. The zero-order valence-corrected chi connectivity index (χ0v) is 19.4. The summed E-state index contributed by atoms with van der Waals surface area (Å²) in [6, 6.07) is 2.35. The lowest BCUT2D eigenvalue weighted by atomic mass is 10.1. The standard InChI is InChI=1S/C24H27F3N6O2/c1-15-28-13-22(33(15)17-2-6-34-7-3-17)23-20(27)12-29-24(31-23)30-21-11-18(25)16(10-19(21)26)14-32-4-8-35-9-5-32/h10-13,17H,2-9,14H2,1H3,(H,29,30,31). The van der Waals surface area contributed by atoms with E-state index in [1.165, 1.54) is 6.07 Å². The Balaban J connectivity index is 1.40. The summed E-state index contributed by atoms with van der Waals surface area (Å²) in [5, 5.41) is 2.70. The molecule has 3 aromatic rings. The molecule has 2 aromatic heterocycles. The summed E-state index contributed by atoms with van der Waals surface area (Å²) in [4.78, 5) is 14.6. The third-order valence-electron chi connectivity index (χ3n) is 6.40. The lowest BCUT2D eigenvalue weighted by molar-refractivity contribution is 0.0337. The first kappa shape index (κ1) is 23.7. The first-order valence-electron chi connectivity index (χ1n) is 11.7. The van der Waals surface area contributed by atoms with E-state index >= 15 is 0 Å². The number of morpholine rings is 1. The molecular formula is C24H27F3N6O2. The van der Waals surface area contributed by atoms with Crippen LogP contribution in [0.3, 0.4) is 0 Å². The summed E-state index contributed by atoms with van der Waals surface area (Å²) < 4.78 is 57.1. The molecule has 186 valence electrons. The third kappa shape index (κ3) is 5.16. The summed E-state index contributed by atoms with van der Waals surface area (Å²) in [7, 11) is 0. The van der Waals surface area contributed by atoms with Gasteiger partial charge in [0.25, 0.3) is 0 Å². The average molecular weight is 489 g/mol. The predicted octanol–water partition coefficient (Wildman–Crippen LogP) is 3.99. The first-order valence-corrected chi connectivity index (χ1v) is 11.7. The van der Waals surface area contributed by atoms with Crippen LogP contribution in [0.25, 0.3) is 11.4 Å². The van der Waals surface area contributed by atoms with E-state index in [-0.39, 0.29) is 28.9 Å². The molecule has 0 bridgehead atoms. The van der Waals surface area contributed by atoms with Crippen molar-refractivity contribution in [3.63, 3.8) is 0 Å². The molecule has 2 fully saturated rings. The molecule has 2 saturated heterocycles. The Morgan fingerprint density at radius 1 is 0.943 bits per heavy atom. The number of nitrogens with one attached hydrogen (secondary N) is 1. The molecule has 2 aliphatic rings. The Labute approximate surface area is 201 Å². The number of hydrogen-bond acceptors (Lipinski definition) is 7. The number of hydrogen-bond donors (Lipinski definition) is 1. The van der Waals surface area contributed by atoms with E-state index in [1.54, 1.807) is 6.20 Å². The molecule has 0 saturated carbocycles. The van der Waals surface area contributed by atoms with Gasteiger partial charge in [-0.15, -0.1) is 0 Å². The van der Waals surface area contributed by atoms with Crippen LogP contribution in [-0.4, -0.2) is 63.9 Å². The van der Waals surface area contributed by atoms with Crippen molar-refractivity contribution in [2.24, 2.45) is 0 Å². The molecule has 0 spiro atoms. The molecular weight excluding hydrogens is 461 g/mol. The van der Waals surface area contributed by atoms with Crippen LogP contribution in [0.5, 0.6) is 0 Å². The zero-order chi connectivity index (χ0) is 24.4. The molecule has 5 rings (SSSR count). The van der Waals surface area contributed by atoms with Gasteiger partial charge < -0.3 is 19.4 Å². The number of imidazole rings is 1. The number of rotatable bonds is 6. The van der Waals surface area contributed by atoms with Crippen molar-refractivity contribution in [2.45, 2.75) is 32.4 Å². The van der Waals surface area contributed by atoms with Crippen molar-refractivity contribution in [3.05, 3.63) is 53.4 Å². The summed E-state index contributed by atoms with van der Waals surface area (Å²) in [6.45, 7) is 5.85. The van der Waals surface area contributed by atoms with Crippen LogP contribution >= 0.6 is 0 Å². The fourth-order valence-corrected chi connectivity index (χ4v) is 4.57. The normalized spacial score (nSPS) is 17.6. The predicted molar refractivity (Wildman–Crippen MR) is 123 cm³/mol. The van der Waals surface area contributed by atoms with Crippen LogP contribution in [-0.2, 0) is 16.0 Å². The highest BCUT2D eigenvalue weighted by Gasteiger charge is 2.24. The number of anilines is 2. The molecule has 1 N–H and O–H groups in total. The molecule has 11 heteroatoms. The van der Waals surface area contributed by atoms with Gasteiger partial charge in [-0.3, -0.25) is 4.90 Å². The van der Waals surface area contributed by atoms with Crippen molar-refractivity contribution in [1.29, 1.82) is 0 Å². The summed E-state index contributed by atoms with van der Waals surface area (Å²) in [5.74, 6) is -1.12. The van der Waals surface area contributed by atoms with E-state index in [4.69, 9.17) is 9.47 Å². The van der Waals surface area contributed by atoms with Gasteiger partial charge in [-0.05, 0) is 25.8 Å². The Kier molecular flexibility index (Phi) is 6.98. The van der Waals surface area contributed by atoms with E-state index in [2.05, 4.69) is 20.3 Å². The number of aryl methyl sites for hydroxylation is 1. The lowest BCUT2D eigenvalue weighted by Gasteiger charge is -2.26. The molecule has 4 heterocycles. The maximum Gasteiger partial charge on any atom is 0.228 e. The molecule has 2 aliphatic heterocycles. The number of halogens is 3. The lowest BCUT2D eigenvalue weighted by Crippen LogP contribution is -2.35. The van der Waals surface area contributed by atoms with E-state index in [9.17, 15) is 13.2 Å². The smallest absolute Gasteiger partial charge is 0.228 e. The van der Waals surface area contributed by atoms with Crippen molar-refractivity contribution < 1.29 is 22.6 Å². The van der Waals surface area contributed by atoms with Crippen LogP contribution < -0.4 is 5.32 Å². The van der Waals surface area contributed by atoms with Gasteiger partial charge in [-0.2, -0.15) is 0 Å². The molecule has 8 nitrogen and oxygen atoms in total. The van der Waals surface area contributed by atoms with Gasteiger partial charge in [0.2, 0.25) is 5.95 Å². The SMILES string of the molecule is Cc1ncc(-c2nc(Nc3cc(F)c(CN4CCOCC4)cc3F)ncc2F)n1C1CCOCC1. The summed E-state index contributed by atoms with van der Waals surface area (Å²) in [6.07, 6.45) is 4.15. The fraction of sp³-hybridized carbons (Fsp3) is 0.458. The minimum atomic E-state index is -0.646. The Bertz CT molecular complexity index is 1190. The molecule has 35 heavy (non-hydrogen) atoms. The Hall–Kier alpha value is -3.02. The Morgan fingerprint density at radius 3 is 2.46 bits per heavy atom. The second-order valence-electron chi connectivity index (χ2n) is 8.73. The minimum absolute atomic E-state index is 0.0411. The van der Waals surface area contributed by atoms with Crippen LogP contribution in [0.4, 0.5) is 24.8 Å². The van der Waals surface area contributed by atoms with Gasteiger partial charge in [0.15, 0.2) is 5.82 Å². The number of benzene rings is 1. The molecule has 1 aromatic carbocycles. The molecule has 0 radical (unpaired) electrons. The number of nitrogens with zero attached hydrogens (tertiary/aromatic N) is 5. The van der Waals surface area contributed by atoms with Gasteiger partial charge >= 0.3 is 0 Å². The number of aromatic nitrogens is 4. The largest absolute Gasteiger partial charge is 0.381 e. The van der Waals surface area contributed by atoms with Gasteiger partial charge in [0, 0.05) is 50.5 Å². The highest BCUT2D eigenvalue weighted by molar-refractivity contribution is 5.60. The van der Waals surface area contributed by atoms with Gasteiger partial charge in [-0.1, -0.05) is 0 Å². The third-order valence-corrected chi connectivity index (χ3v) is 6.40. The molecule has 0 amide bonds. The van der Waals surface area contributed by atoms with E-state index in [1.807, 2.05) is 16.4 Å². The van der Waals surface area contributed by atoms with Crippen molar-refractivity contribution in [2.75, 3.05) is 44.8 Å². The molecule has 0 unspecified atom stereocenters. The van der Waals surface area contributed by atoms with E-state index in [0.29, 0.717) is 51.8 Å². The van der Waals surface area contributed by atoms with Gasteiger partial charge in [0.1, 0.15) is 23.2 Å². The highest BCUT2D eigenvalue weighted by Crippen LogP contribution is 2.31. The number of ether oxygens (including phenoxy) is 2. The second-order valence-corrected chi connectivity index (χ2v) is 8.73. The maximum atomic E-state index is 14.9. The van der Waals surface area contributed by atoms with Crippen LogP contribution in [0.2, 0.25) is 0 Å². The summed E-state index contributed by atoms with van der Waals surface area (Å²) >= 11 is 0. The van der Waals surface area contributed by atoms with Crippen LogP contribution in [0, 0.1) is 24.4 Å². The van der Waals surface area contributed by atoms with Crippen molar-refractivity contribution in [1.82, 2.24) is 24.4 Å².